The van der Waals surface area contributed by atoms with Gasteiger partial charge in [0.2, 0.25) is 5.91 Å². The molecule has 0 aromatic heterocycles. The predicted octanol–water partition coefficient (Wildman–Crippen LogP) is 4.08. The third-order valence-corrected chi connectivity index (χ3v) is 5.57. The highest BCUT2D eigenvalue weighted by molar-refractivity contribution is 6.03. The molecule has 2 aliphatic heterocycles. The third-order valence-electron chi connectivity index (χ3n) is 5.57. The van der Waals surface area contributed by atoms with Gasteiger partial charge in [0.15, 0.2) is 0 Å². The van der Waals surface area contributed by atoms with Crippen LogP contribution in [-0.2, 0) is 16.1 Å². The Morgan fingerprint density at radius 1 is 1.17 bits per heavy atom. The highest BCUT2D eigenvalue weighted by Crippen LogP contribution is 2.40. The average molecular weight is 411 g/mol. The minimum atomic E-state index is -0.520. The SMILES string of the molecule is O=C(CCC1C2=C(F)CCC=C2C(=O)N1Cc1ccc(F)cc1)NC1=NC=CCC1. The van der Waals surface area contributed by atoms with Crippen molar-refractivity contribution in [3.05, 3.63) is 71.0 Å². The quantitative estimate of drug-likeness (QED) is 0.794. The van der Waals surface area contributed by atoms with Gasteiger partial charge in [0.1, 0.15) is 17.5 Å². The van der Waals surface area contributed by atoms with Crippen molar-refractivity contribution >= 4 is 17.6 Å². The van der Waals surface area contributed by atoms with E-state index in [2.05, 4.69) is 10.3 Å². The minimum absolute atomic E-state index is 0.144. The molecule has 3 aliphatic rings. The van der Waals surface area contributed by atoms with E-state index in [-0.39, 0.29) is 42.8 Å². The summed E-state index contributed by atoms with van der Waals surface area (Å²) in [4.78, 5) is 31.1. The van der Waals surface area contributed by atoms with Gasteiger partial charge in [-0.25, -0.2) is 13.8 Å². The topological polar surface area (TPSA) is 61.8 Å². The Balaban J connectivity index is 1.52. The maximum absolute atomic E-state index is 14.7. The molecule has 0 radical (unpaired) electrons. The number of nitrogens with one attached hydrogen (secondary N) is 1. The number of fused-ring (bicyclic) bond motifs is 1. The molecule has 1 saturated heterocycles. The van der Waals surface area contributed by atoms with Crippen LogP contribution in [0.25, 0.3) is 0 Å². The van der Waals surface area contributed by atoms with Crippen molar-refractivity contribution in [1.82, 2.24) is 10.2 Å². The van der Waals surface area contributed by atoms with Crippen LogP contribution >= 0.6 is 0 Å². The van der Waals surface area contributed by atoms with E-state index >= 15 is 0 Å². The molecular formula is C23H23F2N3O2. The summed E-state index contributed by atoms with van der Waals surface area (Å²) in [5, 5.41) is 2.80. The normalized spacial score (nSPS) is 20.8. The van der Waals surface area contributed by atoms with Crippen molar-refractivity contribution in [3.8, 4) is 0 Å². The maximum atomic E-state index is 14.7. The van der Waals surface area contributed by atoms with Gasteiger partial charge in [-0.05, 0) is 37.0 Å². The first-order chi connectivity index (χ1) is 14.5. The zero-order valence-electron chi connectivity index (χ0n) is 16.5. The first-order valence-corrected chi connectivity index (χ1v) is 10.2. The summed E-state index contributed by atoms with van der Waals surface area (Å²) in [5.41, 5.74) is 1.55. The van der Waals surface area contributed by atoms with Crippen LogP contribution in [0.5, 0.6) is 0 Å². The molecule has 2 amide bonds. The average Bonchev–Trinajstić information content (AvgIpc) is 3.01. The van der Waals surface area contributed by atoms with Gasteiger partial charge in [-0.2, -0.15) is 0 Å². The molecule has 30 heavy (non-hydrogen) atoms. The fourth-order valence-electron chi connectivity index (χ4n) is 4.11. The number of carbonyl (C=O) groups is 2. The van der Waals surface area contributed by atoms with Gasteiger partial charge in [-0.15, -0.1) is 0 Å². The molecule has 1 N–H and O–H groups in total. The number of hydrogen-bond donors (Lipinski definition) is 1. The fraction of sp³-hybridized carbons (Fsp3) is 0.348. The van der Waals surface area contributed by atoms with E-state index in [1.165, 1.54) is 12.1 Å². The molecule has 0 saturated carbocycles. The Kier molecular flexibility index (Phi) is 5.88. The molecule has 7 heteroatoms. The molecule has 156 valence electrons. The summed E-state index contributed by atoms with van der Waals surface area (Å²) in [6, 6.07) is 5.38. The molecule has 1 aromatic rings. The lowest BCUT2D eigenvalue weighted by atomic mass is 9.92. The van der Waals surface area contributed by atoms with Gasteiger partial charge >= 0.3 is 0 Å². The Morgan fingerprint density at radius 3 is 2.70 bits per heavy atom. The number of rotatable bonds is 5. The van der Waals surface area contributed by atoms with E-state index in [9.17, 15) is 18.4 Å². The largest absolute Gasteiger partial charge is 0.327 e. The van der Waals surface area contributed by atoms with E-state index in [1.807, 2.05) is 6.08 Å². The molecule has 0 bridgehead atoms. The fourth-order valence-corrected chi connectivity index (χ4v) is 4.11. The second kappa shape index (κ2) is 8.73. The highest BCUT2D eigenvalue weighted by Gasteiger charge is 2.42. The number of aliphatic imine (C=N–C) groups is 1. The molecule has 1 aromatic carbocycles. The lowest BCUT2D eigenvalue weighted by Crippen LogP contribution is -2.36. The monoisotopic (exact) mass is 411 g/mol. The number of halogens is 2. The lowest BCUT2D eigenvalue weighted by Gasteiger charge is -2.25. The molecule has 5 nitrogen and oxygen atoms in total. The Labute approximate surface area is 173 Å². The van der Waals surface area contributed by atoms with E-state index < -0.39 is 6.04 Å². The van der Waals surface area contributed by atoms with Crippen LogP contribution in [0.1, 0.15) is 44.1 Å². The number of amides is 2. The lowest BCUT2D eigenvalue weighted by molar-refractivity contribution is -0.127. The van der Waals surface area contributed by atoms with Crippen LogP contribution < -0.4 is 5.32 Å². The molecule has 4 rings (SSSR count). The summed E-state index contributed by atoms with van der Waals surface area (Å²) < 4.78 is 28.0. The van der Waals surface area contributed by atoms with Gasteiger partial charge in [-0.1, -0.05) is 24.3 Å². The van der Waals surface area contributed by atoms with Crippen LogP contribution in [0.15, 0.2) is 64.6 Å². The van der Waals surface area contributed by atoms with Crippen LogP contribution in [0.2, 0.25) is 0 Å². The Morgan fingerprint density at radius 2 is 1.97 bits per heavy atom. The highest BCUT2D eigenvalue weighted by atomic mass is 19.1. The van der Waals surface area contributed by atoms with Crippen molar-refractivity contribution < 1.29 is 18.4 Å². The number of likely N-dealkylation sites (tertiary alicyclic amines) is 1. The minimum Gasteiger partial charge on any atom is -0.327 e. The third kappa shape index (κ3) is 4.25. The Hall–Kier alpha value is -3.09. The van der Waals surface area contributed by atoms with Crippen molar-refractivity contribution in [2.45, 2.75) is 51.1 Å². The van der Waals surface area contributed by atoms with E-state index in [4.69, 9.17) is 0 Å². The predicted molar refractivity (Wildman–Crippen MR) is 109 cm³/mol. The van der Waals surface area contributed by atoms with Crippen molar-refractivity contribution in [2.24, 2.45) is 4.99 Å². The van der Waals surface area contributed by atoms with Gasteiger partial charge < -0.3 is 10.2 Å². The molecular weight excluding hydrogens is 388 g/mol. The molecule has 0 spiro atoms. The second-order valence-electron chi connectivity index (χ2n) is 7.64. The maximum Gasteiger partial charge on any atom is 0.254 e. The number of amidine groups is 1. The summed E-state index contributed by atoms with van der Waals surface area (Å²) in [5.74, 6) is -0.458. The van der Waals surface area contributed by atoms with Crippen LogP contribution in [0, 0.1) is 5.82 Å². The standard InChI is InChI=1S/C23H23F2N3O2/c24-16-9-7-15(8-10-16)14-28-19(22-17(23(28)30)4-3-5-18(22)25)11-12-21(29)27-20-6-1-2-13-26-20/h2,4,7-10,13,19H,1,3,5-6,11-12,14H2,(H,26,27,29). The van der Waals surface area contributed by atoms with Gasteiger partial charge in [-0.3, -0.25) is 9.59 Å². The number of hydrogen-bond acceptors (Lipinski definition) is 3. The van der Waals surface area contributed by atoms with E-state index in [0.717, 1.165) is 12.0 Å². The summed E-state index contributed by atoms with van der Waals surface area (Å²) in [6.45, 7) is 0.233. The van der Waals surface area contributed by atoms with Crippen molar-refractivity contribution in [2.75, 3.05) is 0 Å². The molecule has 1 aliphatic carbocycles. The van der Waals surface area contributed by atoms with Gasteiger partial charge in [0.05, 0.1) is 6.04 Å². The van der Waals surface area contributed by atoms with Crippen LogP contribution in [0.4, 0.5) is 8.78 Å². The van der Waals surface area contributed by atoms with Crippen LogP contribution in [0.3, 0.4) is 0 Å². The number of allylic oxidation sites excluding steroid dienone is 3. The van der Waals surface area contributed by atoms with Crippen molar-refractivity contribution in [3.63, 3.8) is 0 Å². The second-order valence-corrected chi connectivity index (χ2v) is 7.64. The van der Waals surface area contributed by atoms with Gasteiger partial charge in [0, 0.05) is 43.2 Å². The molecule has 1 unspecified atom stereocenters. The van der Waals surface area contributed by atoms with Crippen molar-refractivity contribution in [1.29, 1.82) is 0 Å². The zero-order chi connectivity index (χ0) is 21.1. The van der Waals surface area contributed by atoms with E-state index in [1.54, 1.807) is 29.3 Å². The first kappa shape index (κ1) is 20.2. The Bertz CT molecular complexity index is 977. The number of benzene rings is 1. The molecule has 1 atom stereocenters. The zero-order valence-corrected chi connectivity index (χ0v) is 16.5. The molecule has 2 heterocycles. The number of nitrogens with zero attached hydrogens (tertiary/aromatic N) is 2. The van der Waals surface area contributed by atoms with Crippen LogP contribution in [-0.4, -0.2) is 28.6 Å². The first-order valence-electron chi connectivity index (χ1n) is 10.2. The summed E-state index contributed by atoms with van der Waals surface area (Å²) in [7, 11) is 0. The summed E-state index contributed by atoms with van der Waals surface area (Å²) in [6.07, 6.45) is 8.08. The van der Waals surface area contributed by atoms with Gasteiger partial charge in [0.25, 0.3) is 5.91 Å². The molecule has 1 fully saturated rings. The van der Waals surface area contributed by atoms with E-state index in [0.29, 0.717) is 36.2 Å². The summed E-state index contributed by atoms with van der Waals surface area (Å²) >= 11 is 0. The smallest absolute Gasteiger partial charge is 0.254 e. The number of carbonyl (C=O) groups excluding carboxylic acids is 2.